The van der Waals surface area contributed by atoms with Gasteiger partial charge in [-0.2, -0.15) is 0 Å². The Balaban J connectivity index is 1.85. The van der Waals surface area contributed by atoms with Crippen LogP contribution < -0.4 is 20.1 Å². The fraction of sp³-hybridized carbons (Fsp3) is 0.333. The second-order valence-corrected chi connectivity index (χ2v) is 7.06. The predicted octanol–water partition coefficient (Wildman–Crippen LogP) is 3.13. The molecule has 2 rings (SSSR count). The van der Waals surface area contributed by atoms with E-state index in [2.05, 4.69) is 31.4 Å². The topological polar surface area (TPSA) is 76.7 Å². The van der Waals surface area contributed by atoms with Crippen LogP contribution in [0.15, 0.2) is 48.5 Å². The maximum Gasteiger partial charge on any atom is 0.258 e. The number of anilines is 1. The Hall–Kier alpha value is -3.02. The summed E-state index contributed by atoms with van der Waals surface area (Å²) in [5, 5.41) is 5.40. The van der Waals surface area contributed by atoms with Crippen LogP contribution in [0.5, 0.6) is 11.5 Å². The molecule has 6 heteroatoms. The zero-order valence-electron chi connectivity index (χ0n) is 16.2. The van der Waals surface area contributed by atoms with Gasteiger partial charge in [-0.1, -0.05) is 51.1 Å². The normalized spacial score (nSPS) is 10.8. The molecule has 27 heavy (non-hydrogen) atoms. The molecular formula is C21H26N2O4. The highest BCUT2D eigenvalue weighted by atomic mass is 16.5. The Morgan fingerprint density at radius 2 is 1.56 bits per heavy atom. The third-order valence-corrected chi connectivity index (χ3v) is 3.88. The van der Waals surface area contributed by atoms with Gasteiger partial charge in [0, 0.05) is 5.69 Å². The number of amides is 2. The first-order chi connectivity index (χ1) is 12.8. The number of rotatable bonds is 7. The molecule has 144 valence electrons. The molecule has 2 aromatic carbocycles. The second-order valence-electron chi connectivity index (χ2n) is 7.06. The van der Waals surface area contributed by atoms with Crippen LogP contribution in [0.2, 0.25) is 0 Å². The zero-order chi connectivity index (χ0) is 19.9. The van der Waals surface area contributed by atoms with Gasteiger partial charge in [-0.05, 0) is 29.2 Å². The summed E-state index contributed by atoms with van der Waals surface area (Å²) in [5.41, 5.74) is 1.68. The van der Waals surface area contributed by atoms with Crippen LogP contribution in [0.4, 0.5) is 5.69 Å². The number of carbonyl (C=O) groups is 2. The van der Waals surface area contributed by atoms with Crippen LogP contribution in [0, 0.1) is 0 Å². The number of methoxy groups -OCH3 is 1. The van der Waals surface area contributed by atoms with Crippen molar-refractivity contribution in [2.24, 2.45) is 0 Å². The van der Waals surface area contributed by atoms with Gasteiger partial charge >= 0.3 is 0 Å². The highest BCUT2D eigenvalue weighted by Gasteiger charge is 2.18. The van der Waals surface area contributed by atoms with E-state index in [-0.39, 0.29) is 30.4 Å². The average Bonchev–Trinajstić information content (AvgIpc) is 2.64. The molecule has 0 saturated carbocycles. The Morgan fingerprint density at radius 1 is 0.926 bits per heavy atom. The minimum absolute atomic E-state index is 0.101. The van der Waals surface area contributed by atoms with Crippen LogP contribution >= 0.6 is 0 Å². The molecule has 0 unspecified atom stereocenters. The van der Waals surface area contributed by atoms with E-state index in [1.54, 1.807) is 18.2 Å². The van der Waals surface area contributed by atoms with Gasteiger partial charge in [0.05, 0.1) is 13.7 Å². The van der Waals surface area contributed by atoms with E-state index >= 15 is 0 Å². The van der Waals surface area contributed by atoms with E-state index in [0.29, 0.717) is 11.5 Å². The Labute approximate surface area is 159 Å². The van der Waals surface area contributed by atoms with E-state index in [1.165, 1.54) is 7.11 Å². The summed E-state index contributed by atoms with van der Waals surface area (Å²) in [5.74, 6) is 0.332. The summed E-state index contributed by atoms with van der Waals surface area (Å²) in [6, 6.07) is 14.7. The zero-order valence-corrected chi connectivity index (χ0v) is 16.2. The Kier molecular flexibility index (Phi) is 6.82. The van der Waals surface area contributed by atoms with Crippen molar-refractivity contribution in [2.45, 2.75) is 26.2 Å². The van der Waals surface area contributed by atoms with Crippen LogP contribution in [0.1, 0.15) is 26.3 Å². The largest absolute Gasteiger partial charge is 0.493 e. The van der Waals surface area contributed by atoms with E-state index in [1.807, 2.05) is 30.3 Å². The van der Waals surface area contributed by atoms with Crippen LogP contribution in [0.3, 0.4) is 0 Å². The molecule has 0 aromatic heterocycles. The first kappa shape index (κ1) is 20.3. The SMILES string of the molecule is COc1ccccc1OCC(=O)NCC(=O)Nc1ccccc1C(C)(C)C. The Bertz CT molecular complexity index is 797. The summed E-state index contributed by atoms with van der Waals surface area (Å²) in [6.45, 7) is 5.90. The molecule has 0 atom stereocenters. The minimum Gasteiger partial charge on any atom is -0.493 e. The first-order valence-electron chi connectivity index (χ1n) is 8.73. The molecule has 6 nitrogen and oxygen atoms in total. The molecule has 0 aliphatic rings. The van der Waals surface area contributed by atoms with E-state index in [9.17, 15) is 9.59 Å². The standard InChI is InChI=1S/C21H26N2O4/c1-21(2,3)15-9-5-6-10-16(15)23-19(24)13-22-20(25)14-27-18-12-8-7-11-17(18)26-4/h5-12H,13-14H2,1-4H3,(H,22,25)(H,23,24). The number of hydrogen-bond donors (Lipinski definition) is 2. The molecule has 0 saturated heterocycles. The molecule has 2 aromatic rings. The lowest BCUT2D eigenvalue weighted by molar-refractivity contribution is -0.125. The van der Waals surface area contributed by atoms with Crippen molar-refractivity contribution in [1.82, 2.24) is 5.32 Å². The lowest BCUT2D eigenvalue weighted by Gasteiger charge is -2.23. The quantitative estimate of drug-likeness (QED) is 0.785. The molecule has 0 aliphatic heterocycles. The predicted molar refractivity (Wildman–Crippen MR) is 105 cm³/mol. The van der Waals surface area contributed by atoms with E-state index in [4.69, 9.17) is 9.47 Å². The number of ether oxygens (including phenoxy) is 2. The van der Waals surface area contributed by atoms with E-state index in [0.717, 1.165) is 11.3 Å². The smallest absolute Gasteiger partial charge is 0.258 e. The Morgan fingerprint density at radius 3 is 2.22 bits per heavy atom. The summed E-state index contributed by atoms with van der Waals surface area (Å²) in [7, 11) is 1.53. The first-order valence-corrected chi connectivity index (χ1v) is 8.73. The van der Waals surface area contributed by atoms with Crippen molar-refractivity contribution >= 4 is 17.5 Å². The maximum absolute atomic E-state index is 12.2. The van der Waals surface area contributed by atoms with Gasteiger partial charge in [-0.25, -0.2) is 0 Å². The molecular weight excluding hydrogens is 344 g/mol. The molecule has 2 N–H and O–H groups in total. The van der Waals surface area contributed by atoms with Gasteiger partial charge in [-0.3, -0.25) is 9.59 Å². The number of para-hydroxylation sites is 3. The lowest BCUT2D eigenvalue weighted by atomic mass is 9.86. The number of hydrogen-bond acceptors (Lipinski definition) is 4. The number of benzene rings is 2. The lowest BCUT2D eigenvalue weighted by Crippen LogP contribution is -2.36. The van der Waals surface area contributed by atoms with Gasteiger partial charge in [0.2, 0.25) is 5.91 Å². The molecule has 0 fully saturated rings. The highest BCUT2D eigenvalue weighted by Crippen LogP contribution is 2.29. The molecule has 0 aliphatic carbocycles. The molecule has 0 heterocycles. The van der Waals surface area contributed by atoms with Crippen molar-refractivity contribution in [3.05, 3.63) is 54.1 Å². The van der Waals surface area contributed by atoms with Gasteiger partial charge in [0.1, 0.15) is 0 Å². The molecule has 0 spiro atoms. The summed E-state index contributed by atoms with van der Waals surface area (Å²) in [4.78, 5) is 24.1. The van der Waals surface area contributed by atoms with Gasteiger partial charge in [0.25, 0.3) is 5.91 Å². The van der Waals surface area contributed by atoms with Gasteiger partial charge in [0.15, 0.2) is 18.1 Å². The molecule has 0 bridgehead atoms. The van der Waals surface area contributed by atoms with Crippen molar-refractivity contribution in [3.8, 4) is 11.5 Å². The summed E-state index contributed by atoms with van der Waals surface area (Å²) in [6.07, 6.45) is 0. The van der Waals surface area contributed by atoms with Crippen molar-refractivity contribution in [3.63, 3.8) is 0 Å². The van der Waals surface area contributed by atoms with E-state index < -0.39 is 0 Å². The number of carbonyl (C=O) groups excluding carboxylic acids is 2. The number of nitrogens with one attached hydrogen (secondary N) is 2. The third kappa shape index (κ3) is 6.02. The van der Waals surface area contributed by atoms with Crippen molar-refractivity contribution in [1.29, 1.82) is 0 Å². The van der Waals surface area contributed by atoms with Gasteiger partial charge < -0.3 is 20.1 Å². The van der Waals surface area contributed by atoms with Crippen LogP contribution in [-0.2, 0) is 15.0 Å². The fourth-order valence-corrected chi connectivity index (χ4v) is 2.55. The minimum atomic E-state index is -0.389. The van der Waals surface area contributed by atoms with Crippen molar-refractivity contribution in [2.75, 3.05) is 25.6 Å². The van der Waals surface area contributed by atoms with Crippen molar-refractivity contribution < 1.29 is 19.1 Å². The summed E-state index contributed by atoms with van der Waals surface area (Å²) >= 11 is 0. The van der Waals surface area contributed by atoms with Crippen LogP contribution in [0.25, 0.3) is 0 Å². The highest BCUT2D eigenvalue weighted by molar-refractivity contribution is 5.95. The van der Waals surface area contributed by atoms with Gasteiger partial charge in [-0.15, -0.1) is 0 Å². The third-order valence-electron chi connectivity index (χ3n) is 3.88. The molecule has 2 amide bonds. The monoisotopic (exact) mass is 370 g/mol. The van der Waals surface area contributed by atoms with Crippen LogP contribution in [-0.4, -0.2) is 32.1 Å². The average molecular weight is 370 g/mol. The summed E-state index contributed by atoms with van der Waals surface area (Å²) < 4.78 is 10.6. The maximum atomic E-state index is 12.2. The molecule has 0 radical (unpaired) electrons. The second kappa shape index (κ2) is 9.07. The fourth-order valence-electron chi connectivity index (χ4n) is 2.55.